The van der Waals surface area contributed by atoms with E-state index in [1.807, 2.05) is 83.9 Å². The molecular formula is C35H23ClN2O4. The molecule has 1 fully saturated rings. The predicted molar refractivity (Wildman–Crippen MR) is 160 cm³/mol. The quantitative estimate of drug-likeness (QED) is 0.234. The van der Waals surface area contributed by atoms with Gasteiger partial charge in [0.2, 0.25) is 11.7 Å². The largest absolute Gasteiger partial charge is 0.453 e. The molecule has 4 aromatic carbocycles. The number of benzene rings is 4. The summed E-state index contributed by atoms with van der Waals surface area (Å²) in [7, 11) is 0. The van der Waals surface area contributed by atoms with Gasteiger partial charge in [-0.15, -0.1) is 0 Å². The lowest BCUT2D eigenvalue weighted by Gasteiger charge is -2.38. The molecule has 0 bridgehead atoms. The van der Waals surface area contributed by atoms with Crippen molar-refractivity contribution in [2.45, 2.75) is 17.5 Å². The van der Waals surface area contributed by atoms with E-state index in [0.29, 0.717) is 22.4 Å². The standard InChI is InChI=1S/C35H23ClN2O4/c36-25-14-6-4-12-23(25)31(39)30-29(32(40)28-19-21-10-2-8-16-27(21)42-28)35(24-13-5-7-15-26(24)37-34(35)41)33-22-11-3-1-9-20(22)17-18-38(30)33/h1-19,29-30,33H,(H,37,41)/t29-,30+,33-,35-/m1/s1. The number of carbonyl (C=O) groups is 3. The summed E-state index contributed by atoms with van der Waals surface area (Å²) in [5, 5.41) is 4.11. The van der Waals surface area contributed by atoms with Crippen LogP contribution >= 0.6 is 11.6 Å². The topological polar surface area (TPSA) is 79.6 Å². The highest BCUT2D eigenvalue weighted by Crippen LogP contribution is 2.62. The zero-order chi connectivity index (χ0) is 28.6. The maximum Gasteiger partial charge on any atom is 0.238 e. The Morgan fingerprint density at radius 2 is 1.60 bits per heavy atom. The van der Waals surface area contributed by atoms with E-state index < -0.39 is 29.2 Å². The van der Waals surface area contributed by atoms with Gasteiger partial charge in [0.1, 0.15) is 17.0 Å². The van der Waals surface area contributed by atoms with Gasteiger partial charge in [-0.25, -0.2) is 0 Å². The molecule has 3 aliphatic rings. The fourth-order valence-electron chi connectivity index (χ4n) is 7.24. The number of para-hydroxylation sites is 2. The molecule has 0 saturated carbocycles. The average molecular weight is 571 g/mol. The minimum atomic E-state index is -1.44. The Morgan fingerprint density at radius 3 is 2.45 bits per heavy atom. The van der Waals surface area contributed by atoms with E-state index in [9.17, 15) is 14.4 Å². The fourth-order valence-corrected chi connectivity index (χ4v) is 7.47. The Hall–Kier alpha value is -4.94. The number of nitrogens with one attached hydrogen (secondary N) is 1. The van der Waals surface area contributed by atoms with Gasteiger partial charge in [-0.05, 0) is 53.1 Å². The van der Waals surface area contributed by atoms with Crippen LogP contribution in [0, 0.1) is 5.92 Å². The van der Waals surface area contributed by atoms with Crippen molar-refractivity contribution >= 4 is 51.8 Å². The van der Waals surface area contributed by atoms with Gasteiger partial charge >= 0.3 is 0 Å². The van der Waals surface area contributed by atoms with Gasteiger partial charge in [0.15, 0.2) is 11.5 Å². The van der Waals surface area contributed by atoms with Crippen LogP contribution in [0.1, 0.15) is 43.6 Å². The van der Waals surface area contributed by atoms with Crippen LogP contribution in [-0.2, 0) is 10.2 Å². The Kier molecular flexibility index (Phi) is 5.34. The minimum Gasteiger partial charge on any atom is -0.453 e. The number of furan rings is 1. The second-order valence-corrected chi connectivity index (χ2v) is 11.3. The Labute approximate surface area is 246 Å². The molecule has 0 unspecified atom stereocenters. The maximum atomic E-state index is 14.9. The van der Waals surface area contributed by atoms with Gasteiger partial charge in [-0.2, -0.15) is 0 Å². The summed E-state index contributed by atoms with van der Waals surface area (Å²) in [5.74, 6) is -2.10. The Morgan fingerprint density at radius 1 is 0.857 bits per heavy atom. The molecular weight excluding hydrogens is 548 g/mol. The smallest absolute Gasteiger partial charge is 0.238 e. The van der Waals surface area contributed by atoms with E-state index in [1.54, 1.807) is 36.4 Å². The first-order valence-corrected chi connectivity index (χ1v) is 14.1. The Bertz CT molecular complexity index is 1960. The van der Waals surface area contributed by atoms with Crippen LogP contribution in [0.15, 0.2) is 114 Å². The molecule has 7 heteroatoms. The SMILES string of the molecule is O=C(c1ccccc1Cl)[C@@H]1[C@H](C(=O)c2cc3ccccc3o2)[C@@]2(C(=O)Nc3ccccc32)[C@H]2c3ccccc3C=CN12. The third-order valence-electron chi connectivity index (χ3n) is 8.93. The molecule has 6 nitrogen and oxygen atoms in total. The molecule has 1 saturated heterocycles. The summed E-state index contributed by atoms with van der Waals surface area (Å²) in [4.78, 5) is 46.0. The number of nitrogens with zero attached hydrogens (tertiary/aromatic N) is 1. The van der Waals surface area contributed by atoms with Crippen LogP contribution in [0.4, 0.5) is 5.69 Å². The summed E-state index contributed by atoms with van der Waals surface area (Å²) in [6.45, 7) is 0. The van der Waals surface area contributed by atoms with Gasteiger partial charge in [0.05, 0.1) is 17.0 Å². The van der Waals surface area contributed by atoms with Crippen LogP contribution < -0.4 is 5.32 Å². The minimum absolute atomic E-state index is 0.104. The second kappa shape index (κ2) is 9.03. The molecule has 0 aliphatic carbocycles. The third kappa shape index (κ3) is 3.24. The van der Waals surface area contributed by atoms with Gasteiger partial charge in [0, 0.05) is 22.8 Å². The molecule has 1 N–H and O–H groups in total. The second-order valence-electron chi connectivity index (χ2n) is 10.9. The monoisotopic (exact) mass is 570 g/mol. The van der Waals surface area contributed by atoms with Crippen molar-refractivity contribution in [3.05, 3.63) is 142 Å². The van der Waals surface area contributed by atoms with Crippen molar-refractivity contribution in [1.29, 1.82) is 0 Å². The lowest BCUT2D eigenvalue weighted by Crippen LogP contribution is -2.49. The molecule has 3 aliphatic heterocycles. The van der Waals surface area contributed by atoms with E-state index in [1.165, 1.54) is 0 Å². The van der Waals surface area contributed by atoms with E-state index in [-0.39, 0.29) is 22.5 Å². The lowest BCUT2D eigenvalue weighted by atomic mass is 9.63. The fraction of sp³-hybridized carbons (Fsp3) is 0.114. The van der Waals surface area contributed by atoms with Gasteiger partial charge in [-0.3, -0.25) is 14.4 Å². The zero-order valence-corrected chi connectivity index (χ0v) is 22.9. The number of Topliss-reactive ketones (excluding diaryl/α,β-unsaturated/α-hetero) is 2. The highest BCUT2D eigenvalue weighted by Gasteiger charge is 2.71. The molecule has 42 heavy (non-hydrogen) atoms. The molecule has 4 heterocycles. The third-order valence-corrected chi connectivity index (χ3v) is 9.26. The molecule has 8 rings (SSSR count). The van der Waals surface area contributed by atoms with E-state index in [0.717, 1.165) is 16.5 Å². The first kappa shape index (κ1) is 24.8. The van der Waals surface area contributed by atoms with Crippen LogP contribution in [0.3, 0.4) is 0 Å². The van der Waals surface area contributed by atoms with Crippen LogP contribution in [0.25, 0.3) is 17.0 Å². The lowest BCUT2D eigenvalue weighted by molar-refractivity contribution is -0.122. The van der Waals surface area contributed by atoms with Crippen LogP contribution in [-0.4, -0.2) is 28.4 Å². The average Bonchev–Trinajstić information content (AvgIpc) is 3.68. The first-order chi connectivity index (χ1) is 20.5. The summed E-state index contributed by atoms with van der Waals surface area (Å²) < 4.78 is 6.09. The molecule has 204 valence electrons. The predicted octanol–water partition coefficient (Wildman–Crippen LogP) is 7.07. The molecule has 4 atom stereocenters. The summed E-state index contributed by atoms with van der Waals surface area (Å²) in [5.41, 5.74) is 2.51. The van der Waals surface area contributed by atoms with Crippen molar-refractivity contribution in [3.63, 3.8) is 0 Å². The van der Waals surface area contributed by atoms with Crippen molar-refractivity contribution in [1.82, 2.24) is 4.90 Å². The number of hydrogen-bond acceptors (Lipinski definition) is 5. The van der Waals surface area contributed by atoms with Crippen molar-refractivity contribution in [2.75, 3.05) is 5.32 Å². The number of ketones is 2. The number of fused-ring (bicyclic) bond motifs is 7. The number of amides is 1. The molecule has 5 aromatic rings. The van der Waals surface area contributed by atoms with E-state index in [2.05, 4.69) is 5.32 Å². The molecule has 1 amide bonds. The molecule has 1 spiro atoms. The van der Waals surface area contributed by atoms with E-state index >= 15 is 0 Å². The highest BCUT2D eigenvalue weighted by molar-refractivity contribution is 6.34. The van der Waals surface area contributed by atoms with Gasteiger partial charge < -0.3 is 14.6 Å². The normalized spacial score (nSPS) is 23.5. The summed E-state index contributed by atoms with van der Waals surface area (Å²) in [6, 6.07) is 29.4. The summed E-state index contributed by atoms with van der Waals surface area (Å²) >= 11 is 6.57. The highest BCUT2D eigenvalue weighted by atomic mass is 35.5. The summed E-state index contributed by atoms with van der Waals surface area (Å²) in [6.07, 6.45) is 3.77. The van der Waals surface area contributed by atoms with Gasteiger partial charge in [0.25, 0.3) is 0 Å². The number of rotatable bonds is 4. The van der Waals surface area contributed by atoms with Crippen LogP contribution in [0.2, 0.25) is 5.02 Å². The Balaban J connectivity index is 1.44. The van der Waals surface area contributed by atoms with Crippen molar-refractivity contribution < 1.29 is 18.8 Å². The van der Waals surface area contributed by atoms with Crippen molar-refractivity contribution in [3.8, 4) is 0 Å². The first-order valence-electron chi connectivity index (χ1n) is 13.8. The van der Waals surface area contributed by atoms with Crippen LogP contribution in [0.5, 0.6) is 0 Å². The number of carbonyl (C=O) groups excluding carboxylic acids is 3. The van der Waals surface area contributed by atoms with Crippen molar-refractivity contribution in [2.24, 2.45) is 5.92 Å². The molecule has 1 aromatic heterocycles. The van der Waals surface area contributed by atoms with Gasteiger partial charge in [-0.1, -0.05) is 84.4 Å². The maximum absolute atomic E-state index is 14.9. The molecule has 0 radical (unpaired) electrons. The number of anilines is 1. The van der Waals surface area contributed by atoms with E-state index in [4.69, 9.17) is 16.0 Å². The number of halogens is 1. The number of hydrogen-bond donors (Lipinski definition) is 1. The zero-order valence-electron chi connectivity index (χ0n) is 22.2.